The topological polar surface area (TPSA) is 40.6 Å². The lowest BCUT2D eigenvalue weighted by molar-refractivity contribution is -0.163. The van der Waals surface area contributed by atoms with Gasteiger partial charge in [0.05, 0.1) is 0 Å². The van der Waals surface area contributed by atoms with Crippen LogP contribution in [0.5, 0.6) is 0 Å². The Kier molecular flexibility index (Phi) is 4.45. The predicted octanol–water partition coefficient (Wildman–Crippen LogP) is 3.57. The molecule has 3 aliphatic heterocycles. The number of nitrogens with zero attached hydrogens (tertiary/aromatic N) is 2. The average Bonchev–Trinajstić information content (AvgIpc) is 3.22. The Hall–Kier alpha value is -1.84. The lowest BCUT2D eigenvalue weighted by Gasteiger charge is -2.53. The molecule has 0 unspecified atom stereocenters. The summed E-state index contributed by atoms with van der Waals surface area (Å²) in [5, 5.41) is 0. The van der Waals surface area contributed by atoms with Gasteiger partial charge >= 0.3 is 0 Å². The molecule has 4 heteroatoms. The van der Waals surface area contributed by atoms with Crippen LogP contribution in [0.1, 0.15) is 62.8 Å². The van der Waals surface area contributed by atoms with Gasteiger partial charge in [-0.2, -0.15) is 0 Å². The van der Waals surface area contributed by atoms with E-state index in [1.54, 1.807) is 0 Å². The standard InChI is InChI=1S/C23H30N2O2/c26-22(19-14-18(15-19)16-6-2-1-3-7-16)25-20-10-8-17(9-11-20)21(25)23(27)24-12-4-5-13-24/h1-3,6-7,17-21H,4-5,8-15H2/t17?,18?,19?,20?,21-/m0/s1. The normalized spacial score (nSPS) is 35.2. The molecule has 144 valence electrons. The van der Waals surface area contributed by atoms with Gasteiger partial charge < -0.3 is 9.80 Å². The minimum atomic E-state index is -0.168. The maximum Gasteiger partial charge on any atom is 0.245 e. The highest BCUT2D eigenvalue weighted by Gasteiger charge is 2.51. The van der Waals surface area contributed by atoms with Gasteiger partial charge in [0.15, 0.2) is 0 Å². The first kappa shape index (κ1) is 17.3. The number of hydrogen-bond donors (Lipinski definition) is 0. The molecule has 5 fully saturated rings. The van der Waals surface area contributed by atoms with Crippen molar-refractivity contribution in [2.24, 2.45) is 11.8 Å². The van der Waals surface area contributed by atoms with Gasteiger partial charge in [-0.15, -0.1) is 0 Å². The van der Waals surface area contributed by atoms with Crippen molar-refractivity contribution in [3.8, 4) is 0 Å². The van der Waals surface area contributed by atoms with E-state index in [4.69, 9.17) is 0 Å². The van der Waals surface area contributed by atoms with Gasteiger partial charge in [0.25, 0.3) is 0 Å². The highest BCUT2D eigenvalue weighted by atomic mass is 16.2. The molecule has 0 N–H and O–H groups in total. The Morgan fingerprint density at radius 1 is 0.852 bits per heavy atom. The molecule has 0 radical (unpaired) electrons. The largest absolute Gasteiger partial charge is 0.341 e. The first-order valence-corrected chi connectivity index (χ1v) is 10.9. The molecule has 2 amide bonds. The minimum Gasteiger partial charge on any atom is -0.341 e. The first-order chi connectivity index (χ1) is 13.2. The van der Waals surface area contributed by atoms with Crippen LogP contribution >= 0.6 is 0 Å². The van der Waals surface area contributed by atoms with Gasteiger partial charge in [-0.05, 0) is 68.8 Å². The van der Waals surface area contributed by atoms with Crippen LogP contribution in [0.25, 0.3) is 0 Å². The maximum absolute atomic E-state index is 13.4. The summed E-state index contributed by atoms with van der Waals surface area (Å²) in [6.45, 7) is 1.77. The van der Waals surface area contributed by atoms with E-state index in [0.29, 0.717) is 17.9 Å². The van der Waals surface area contributed by atoms with E-state index in [1.165, 1.54) is 5.56 Å². The number of amides is 2. The lowest BCUT2D eigenvalue weighted by Crippen LogP contribution is -2.64. The van der Waals surface area contributed by atoms with Crippen molar-refractivity contribution in [3.63, 3.8) is 0 Å². The zero-order chi connectivity index (χ0) is 18.4. The molecular formula is C23H30N2O2. The zero-order valence-corrected chi connectivity index (χ0v) is 16.1. The van der Waals surface area contributed by atoms with E-state index in [2.05, 4.69) is 29.2 Å². The molecule has 5 aliphatic rings. The lowest BCUT2D eigenvalue weighted by atomic mass is 9.68. The molecule has 3 heterocycles. The van der Waals surface area contributed by atoms with Crippen LogP contribution in [-0.2, 0) is 9.59 Å². The fourth-order valence-corrected chi connectivity index (χ4v) is 5.94. The summed E-state index contributed by atoms with van der Waals surface area (Å²) >= 11 is 0. The summed E-state index contributed by atoms with van der Waals surface area (Å²) in [5.74, 6) is 1.53. The van der Waals surface area contributed by atoms with Gasteiger partial charge in [0.2, 0.25) is 11.8 Å². The number of carbonyl (C=O) groups excluding carboxylic acids is 2. The van der Waals surface area contributed by atoms with Crippen LogP contribution in [-0.4, -0.2) is 46.8 Å². The van der Waals surface area contributed by atoms with Crippen LogP contribution in [0.3, 0.4) is 0 Å². The SMILES string of the molecule is O=C([C@@H]1C2CCC(CC2)N1C(=O)C1CC(c2ccccc2)C1)N1CCCC1. The molecule has 2 bridgehead atoms. The fourth-order valence-electron chi connectivity index (χ4n) is 5.94. The number of carbonyl (C=O) groups is 2. The Morgan fingerprint density at radius 3 is 2.19 bits per heavy atom. The van der Waals surface area contributed by atoms with Crippen molar-refractivity contribution in [1.29, 1.82) is 0 Å². The van der Waals surface area contributed by atoms with Crippen molar-refractivity contribution in [2.75, 3.05) is 13.1 Å². The molecule has 2 saturated carbocycles. The second-order valence-electron chi connectivity index (χ2n) is 9.07. The summed E-state index contributed by atoms with van der Waals surface area (Å²) in [5.41, 5.74) is 1.35. The van der Waals surface area contributed by atoms with E-state index in [-0.39, 0.29) is 23.8 Å². The van der Waals surface area contributed by atoms with Gasteiger partial charge in [-0.3, -0.25) is 9.59 Å². The molecule has 0 aromatic heterocycles. The van der Waals surface area contributed by atoms with Gasteiger partial charge in [-0.25, -0.2) is 0 Å². The third-order valence-electron chi connectivity index (χ3n) is 7.56. The minimum absolute atomic E-state index is 0.114. The first-order valence-electron chi connectivity index (χ1n) is 10.9. The van der Waals surface area contributed by atoms with E-state index < -0.39 is 0 Å². The highest BCUT2D eigenvalue weighted by Crippen LogP contribution is 2.46. The number of piperidine rings is 2. The second-order valence-corrected chi connectivity index (χ2v) is 9.07. The van der Waals surface area contributed by atoms with Gasteiger partial charge in [0.1, 0.15) is 6.04 Å². The summed E-state index contributed by atoms with van der Waals surface area (Å²) in [7, 11) is 0. The Labute approximate surface area is 161 Å². The van der Waals surface area contributed by atoms with E-state index in [0.717, 1.165) is 64.5 Å². The van der Waals surface area contributed by atoms with Gasteiger partial charge in [0, 0.05) is 25.0 Å². The maximum atomic E-state index is 13.4. The summed E-state index contributed by atoms with van der Waals surface area (Å²) in [6, 6.07) is 10.7. The average molecular weight is 367 g/mol. The molecule has 2 aliphatic carbocycles. The van der Waals surface area contributed by atoms with Crippen molar-refractivity contribution in [2.45, 2.75) is 69.4 Å². The van der Waals surface area contributed by atoms with Gasteiger partial charge in [-0.1, -0.05) is 30.3 Å². The number of likely N-dealkylation sites (tertiary alicyclic amines) is 1. The van der Waals surface area contributed by atoms with E-state index in [1.807, 2.05) is 11.0 Å². The molecule has 1 aromatic carbocycles. The van der Waals surface area contributed by atoms with Crippen molar-refractivity contribution in [1.82, 2.24) is 9.80 Å². The third kappa shape index (κ3) is 2.97. The Morgan fingerprint density at radius 2 is 1.52 bits per heavy atom. The molecule has 27 heavy (non-hydrogen) atoms. The quantitative estimate of drug-likeness (QED) is 0.820. The monoisotopic (exact) mass is 366 g/mol. The van der Waals surface area contributed by atoms with Crippen molar-refractivity contribution < 1.29 is 9.59 Å². The van der Waals surface area contributed by atoms with E-state index in [9.17, 15) is 9.59 Å². The van der Waals surface area contributed by atoms with Crippen LogP contribution in [0, 0.1) is 11.8 Å². The molecule has 0 spiro atoms. The molecular weight excluding hydrogens is 336 g/mol. The predicted molar refractivity (Wildman–Crippen MR) is 104 cm³/mol. The van der Waals surface area contributed by atoms with Crippen LogP contribution in [0.2, 0.25) is 0 Å². The summed E-state index contributed by atoms with van der Waals surface area (Å²) in [4.78, 5) is 30.8. The van der Waals surface area contributed by atoms with Crippen LogP contribution in [0.15, 0.2) is 30.3 Å². The molecule has 4 nitrogen and oxygen atoms in total. The number of benzene rings is 1. The van der Waals surface area contributed by atoms with Crippen molar-refractivity contribution in [3.05, 3.63) is 35.9 Å². The number of rotatable bonds is 3. The smallest absolute Gasteiger partial charge is 0.245 e. The van der Waals surface area contributed by atoms with E-state index >= 15 is 0 Å². The summed E-state index contributed by atoms with van der Waals surface area (Å²) < 4.78 is 0. The molecule has 1 atom stereocenters. The Bertz CT molecular complexity index is 698. The highest BCUT2D eigenvalue weighted by molar-refractivity contribution is 5.90. The Balaban J connectivity index is 1.31. The third-order valence-corrected chi connectivity index (χ3v) is 7.56. The fraction of sp³-hybridized carbons (Fsp3) is 0.652. The van der Waals surface area contributed by atoms with Crippen LogP contribution < -0.4 is 0 Å². The van der Waals surface area contributed by atoms with Crippen molar-refractivity contribution >= 4 is 11.8 Å². The summed E-state index contributed by atoms with van der Waals surface area (Å²) in [6.07, 6.45) is 8.54. The second kappa shape index (κ2) is 6.96. The van der Waals surface area contributed by atoms with Crippen LogP contribution in [0.4, 0.5) is 0 Å². The number of hydrogen-bond acceptors (Lipinski definition) is 2. The number of fused-ring (bicyclic) bond motifs is 3. The molecule has 1 aromatic rings. The zero-order valence-electron chi connectivity index (χ0n) is 16.1. The molecule has 6 rings (SSSR count). The molecule has 3 saturated heterocycles.